The minimum absolute atomic E-state index is 0. The van der Waals surface area contributed by atoms with Crippen LogP contribution in [0.4, 0.5) is 0 Å². The average Bonchev–Trinajstić information content (AvgIpc) is 2.70. The van der Waals surface area contributed by atoms with Crippen LogP contribution in [-0.4, -0.2) is 29.6 Å². The first kappa shape index (κ1) is 31.8. The number of allylic oxidation sites excluding steroid dienone is 2. The van der Waals surface area contributed by atoms with Gasteiger partial charge < -0.3 is 17.6 Å². The molecule has 0 aliphatic heterocycles. The summed E-state index contributed by atoms with van der Waals surface area (Å²) in [6.45, 7) is 2.87. The van der Waals surface area contributed by atoms with E-state index in [4.69, 9.17) is 10.8 Å². The van der Waals surface area contributed by atoms with Crippen LogP contribution in [0.1, 0.15) is 118 Å². The van der Waals surface area contributed by atoms with Crippen molar-refractivity contribution < 1.29 is 45.7 Å². The second-order valence-electron chi connectivity index (χ2n) is 8.12. The summed E-state index contributed by atoms with van der Waals surface area (Å²) in [6, 6.07) is -0.790. The van der Waals surface area contributed by atoms with Gasteiger partial charge in [0.2, 0.25) is 5.91 Å². The van der Waals surface area contributed by atoms with Gasteiger partial charge in [-0.05, 0) is 51.4 Å². The van der Waals surface area contributed by atoms with E-state index in [-0.39, 0.29) is 36.9 Å². The molecule has 5 nitrogen and oxygen atoms in total. The van der Waals surface area contributed by atoms with Crippen molar-refractivity contribution >= 4 is 11.9 Å². The SMILES string of the molecule is CCCCCCCC/C=C\CCCCCCCC(=O)NCCCC[C@H](N)C(=O)O.[H-].[Na+]. The zero-order chi connectivity index (χ0) is 21.6. The molecule has 0 aromatic heterocycles. The summed E-state index contributed by atoms with van der Waals surface area (Å²) >= 11 is 0. The van der Waals surface area contributed by atoms with Crippen molar-refractivity contribution in [2.24, 2.45) is 5.73 Å². The standard InChI is InChI=1S/C24H46N2O3.Na.H/c1-2-3-4-5-6-7-8-9-10-11-12-13-14-15-16-20-23(27)26-21-18-17-19-22(25)24(28)29;;/h9-10,22H,2-8,11-21,25H2,1H3,(H,26,27)(H,28,29);;/q;+1;-1/b10-9-;;/t22-;;/m0../s1. The number of aliphatic carboxylic acids is 1. The normalized spacial score (nSPS) is 11.9. The second-order valence-corrected chi connectivity index (χ2v) is 8.12. The molecule has 1 amide bonds. The van der Waals surface area contributed by atoms with Crippen molar-refractivity contribution in [1.29, 1.82) is 0 Å². The van der Waals surface area contributed by atoms with Crippen molar-refractivity contribution in [3.63, 3.8) is 0 Å². The molecule has 0 aliphatic carbocycles. The van der Waals surface area contributed by atoms with Gasteiger partial charge in [0, 0.05) is 13.0 Å². The first-order valence-corrected chi connectivity index (χ1v) is 12.0. The molecule has 0 fully saturated rings. The van der Waals surface area contributed by atoms with Gasteiger partial charge in [-0.25, -0.2) is 0 Å². The van der Waals surface area contributed by atoms with Gasteiger partial charge in [0.1, 0.15) is 6.04 Å². The van der Waals surface area contributed by atoms with Crippen molar-refractivity contribution in [1.82, 2.24) is 5.32 Å². The fourth-order valence-electron chi connectivity index (χ4n) is 3.29. The summed E-state index contributed by atoms with van der Waals surface area (Å²) in [6.07, 6.45) is 23.6. The third-order valence-corrected chi connectivity index (χ3v) is 5.25. The zero-order valence-electron chi connectivity index (χ0n) is 20.8. The van der Waals surface area contributed by atoms with Crippen LogP contribution in [0.2, 0.25) is 0 Å². The summed E-state index contributed by atoms with van der Waals surface area (Å²) < 4.78 is 0. The maximum Gasteiger partial charge on any atom is 1.00 e. The number of amides is 1. The number of rotatable bonds is 21. The smallest absolute Gasteiger partial charge is 1.00 e. The van der Waals surface area contributed by atoms with Crippen LogP contribution in [0.15, 0.2) is 12.2 Å². The summed E-state index contributed by atoms with van der Waals surface area (Å²) in [5.74, 6) is -0.858. The number of unbranched alkanes of at least 4 members (excludes halogenated alkanes) is 12. The Bertz CT molecular complexity index is 437. The van der Waals surface area contributed by atoms with Gasteiger partial charge in [-0.3, -0.25) is 9.59 Å². The molecule has 0 radical (unpaired) electrons. The van der Waals surface area contributed by atoms with Crippen molar-refractivity contribution in [2.45, 2.75) is 122 Å². The van der Waals surface area contributed by atoms with Crippen molar-refractivity contribution in [2.75, 3.05) is 6.54 Å². The Balaban J connectivity index is -0.00000392. The molecule has 0 spiro atoms. The number of hydrogen-bond acceptors (Lipinski definition) is 3. The Kier molecular flexibility index (Phi) is 26.4. The molecule has 0 aromatic rings. The van der Waals surface area contributed by atoms with E-state index in [1.165, 1.54) is 70.6 Å². The van der Waals surface area contributed by atoms with Gasteiger partial charge in [-0.1, -0.05) is 70.4 Å². The van der Waals surface area contributed by atoms with E-state index < -0.39 is 12.0 Å². The summed E-state index contributed by atoms with van der Waals surface area (Å²) in [5, 5.41) is 11.6. The summed E-state index contributed by atoms with van der Waals surface area (Å²) in [7, 11) is 0. The molecule has 0 heterocycles. The molecule has 4 N–H and O–H groups in total. The minimum atomic E-state index is -0.960. The Morgan fingerprint density at radius 2 is 1.40 bits per heavy atom. The molecular weight excluding hydrogens is 387 g/mol. The number of carbonyl (C=O) groups is 2. The Labute approximate surface area is 208 Å². The first-order chi connectivity index (χ1) is 14.1. The van der Waals surface area contributed by atoms with Gasteiger partial charge in [-0.15, -0.1) is 0 Å². The molecule has 172 valence electrons. The van der Waals surface area contributed by atoms with E-state index in [1.807, 2.05) is 0 Å². The molecular formula is C24H47N2NaO3. The van der Waals surface area contributed by atoms with Gasteiger partial charge in [0.25, 0.3) is 0 Å². The number of carboxylic acid groups (broad SMARTS) is 1. The van der Waals surface area contributed by atoms with E-state index in [2.05, 4.69) is 24.4 Å². The quantitative estimate of drug-likeness (QED) is 0.147. The molecule has 0 aromatic carbocycles. The van der Waals surface area contributed by atoms with Gasteiger partial charge >= 0.3 is 35.5 Å². The number of hydrogen-bond donors (Lipinski definition) is 3. The largest absolute Gasteiger partial charge is 1.00 e. The van der Waals surface area contributed by atoms with E-state index >= 15 is 0 Å². The van der Waals surface area contributed by atoms with Gasteiger partial charge in [0.05, 0.1) is 0 Å². The van der Waals surface area contributed by atoms with Crippen LogP contribution in [-0.2, 0) is 9.59 Å². The maximum atomic E-state index is 11.7. The minimum Gasteiger partial charge on any atom is -1.00 e. The van der Waals surface area contributed by atoms with Crippen LogP contribution in [0, 0.1) is 0 Å². The number of carboxylic acids is 1. The Morgan fingerprint density at radius 1 is 0.867 bits per heavy atom. The Hall–Kier alpha value is -0.360. The van der Waals surface area contributed by atoms with Gasteiger partial charge in [0.15, 0.2) is 0 Å². The molecule has 1 atom stereocenters. The number of nitrogens with two attached hydrogens (primary N) is 1. The predicted molar refractivity (Wildman–Crippen MR) is 123 cm³/mol. The van der Waals surface area contributed by atoms with E-state index in [1.54, 1.807) is 0 Å². The van der Waals surface area contributed by atoms with Crippen molar-refractivity contribution in [3.8, 4) is 0 Å². The van der Waals surface area contributed by atoms with E-state index in [9.17, 15) is 9.59 Å². The number of carbonyl (C=O) groups excluding carboxylic acids is 1. The average molecular weight is 435 g/mol. The molecule has 0 rings (SSSR count). The Morgan fingerprint density at radius 3 is 1.97 bits per heavy atom. The molecule has 6 heteroatoms. The summed E-state index contributed by atoms with van der Waals surface area (Å²) in [5.41, 5.74) is 5.44. The third-order valence-electron chi connectivity index (χ3n) is 5.25. The van der Waals surface area contributed by atoms with Crippen LogP contribution in [0.25, 0.3) is 0 Å². The van der Waals surface area contributed by atoms with E-state index in [0.29, 0.717) is 19.4 Å². The molecule has 30 heavy (non-hydrogen) atoms. The fourth-order valence-corrected chi connectivity index (χ4v) is 3.29. The van der Waals surface area contributed by atoms with Gasteiger partial charge in [-0.2, -0.15) is 0 Å². The molecule has 0 bridgehead atoms. The fraction of sp³-hybridized carbons (Fsp3) is 0.833. The van der Waals surface area contributed by atoms with Crippen LogP contribution >= 0.6 is 0 Å². The predicted octanol–water partition coefficient (Wildman–Crippen LogP) is 2.84. The molecule has 0 unspecified atom stereocenters. The molecule has 0 saturated heterocycles. The summed E-state index contributed by atoms with van der Waals surface area (Å²) in [4.78, 5) is 22.3. The molecule has 0 saturated carbocycles. The zero-order valence-corrected chi connectivity index (χ0v) is 21.8. The van der Waals surface area contributed by atoms with E-state index in [0.717, 1.165) is 25.7 Å². The number of nitrogens with one attached hydrogen (secondary N) is 1. The molecule has 0 aliphatic rings. The van der Waals surface area contributed by atoms with Crippen LogP contribution < -0.4 is 40.6 Å². The third kappa shape index (κ3) is 23.9. The first-order valence-electron chi connectivity index (χ1n) is 12.0. The van der Waals surface area contributed by atoms with Crippen molar-refractivity contribution in [3.05, 3.63) is 12.2 Å². The van der Waals surface area contributed by atoms with Crippen LogP contribution in [0.3, 0.4) is 0 Å². The monoisotopic (exact) mass is 434 g/mol. The van der Waals surface area contributed by atoms with Crippen LogP contribution in [0.5, 0.6) is 0 Å². The topological polar surface area (TPSA) is 92.4 Å². The maximum absolute atomic E-state index is 11.7. The second kappa shape index (κ2) is 24.9.